The largest absolute Gasteiger partial charge is 0.351 e. The third-order valence-electron chi connectivity index (χ3n) is 4.80. The highest BCUT2D eigenvalue weighted by Crippen LogP contribution is 2.29. The van der Waals surface area contributed by atoms with Gasteiger partial charge in [0, 0.05) is 29.8 Å². The monoisotopic (exact) mass is 400 g/mol. The van der Waals surface area contributed by atoms with Gasteiger partial charge in [-0.3, -0.25) is 14.4 Å². The number of benzene rings is 3. The molecule has 5 heteroatoms. The summed E-state index contributed by atoms with van der Waals surface area (Å²) < 4.78 is 0. The Hall–Kier alpha value is -3.57. The third-order valence-corrected chi connectivity index (χ3v) is 4.80. The topological polar surface area (TPSA) is 66.5 Å². The molecule has 0 atom stereocenters. The fourth-order valence-corrected chi connectivity index (χ4v) is 3.10. The maximum Gasteiger partial charge on any atom is 0.251 e. The molecule has 0 aliphatic heterocycles. The van der Waals surface area contributed by atoms with E-state index in [0.717, 1.165) is 41.4 Å². The molecular weight excluding hydrogens is 376 g/mol. The first-order valence-electron chi connectivity index (χ1n) is 9.69. The molecule has 152 valence electrons. The molecular formula is C25H24N2O3. The number of hydrogen-bond donors (Lipinski definition) is 1. The average Bonchev–Trinajstić information content (AvgIpc) is 2.78. The first-order valence-corrected chi connectivity index (χ1v) is 9.69. The Morgan fingerprint density at radius 2 is 1.23 bits per heavy atom. The smallest absolute Gasteiger partial charge is 0.251 e. The van der Waals surface area contributed by atoms with Crippen molar-refractivity contribution in [3.05, 3.63) is 83.4 Å². The predicted molar refractivity (Wildman–Crippen MR) is 119 cm³/mol. The van der Waals surface area contributed by atoms with Crippen LogP contribution in [0.3, 0.4) is 0 Å². The number of hydrogen-bond acceptors (Lipinski definition) is 4. The quantitative estimate of drug-likeness (QED) is 0.582. The molecule has 3 aromatic carbocycles. The van der Waals surface area contributed by atoms with Crippen molar-refractivity contribution < 1.29 is 14.4 Å². The number of aldehydes is 2. The van der Waals surface area contributed by atoms with Gasteiger partial charge in [0.15, 0.2) is 0 Å². The molecule has 0 aromatic heterocycles. The Bertz CT molecular complexity index is 969. The van der Waals surface area contributed by atoms with Gasteiger partial charge >= 0.3 is 0 Å². The molecule has 0 spiro atoms. The fraction of sp³-hybridized carbons (Fsp3) is 0.160. The van der Waals surface area contributed by atoms with Gasteiger partial charge in [0.25, 0.3) is 5.91 Å². The van der Waals surface area contributed by atoms with Crippen LogP contribution in [0.2, 0.25) is 0 Å². The standard InChI is InChI=1S/C25H24N2O3/c1-27(2)12-11-26-25(30)24-14-22(20-7-3-18(16-28)4-8-20)13-23(15-24)21-9-5-19(17-29)6-10-21/h3-10,13-17H,11-12H2,1-2H3,(H,26,30). The summed E-state index contributed by atoms with van der Waals surface area (Å²) in [4.78, 5) is 36.7. The highest BCUT2D eigenvalue weighted by atomic mass is 16.1. The Morgan fingerprint density at radius 3 is 1.63 bits per heavy atom. The number of carbonyl (C=O) groups is 3. The Labute approximate surface area is 176 Å². The van der Waals surface area contributed by atoms with Crippen LogP contribution >= 0.6 is 0 Å². The van der Waals surface area contributed by atoms with Crippen LogP contribution in [-0.4, -0.2) is 50.6 Å². The summed E-state index contributed by atoms with van der Waals surface area (Å²) in [5.74, 6) is -0.144. The van der Waals surface area contributed by atoms with Crippen molar-refractivity contribution in [3.63, 3.8) is 0 Å². The van der Waals surface area contributed by atoms with E-state index in [9.17, 15) is 14.4 Å². The second-order valence-corrected chi connectivity index (χ2v) is 7.34. The van der Waals surface area contributed by atoms with Crippen LogP contribution < -0.4 is 5.32 Å². The molecule has 0 aliphatic rings. The normalized spacial score (nSPS) is 10.6. The summed E-state index contributed by atoms with van der Waals surface area (Å²) in [5, 5.41) is 2.95. The van der Waals surface area contributed by atoms with Gasteiger partial charge in [0.1, 0.15) is 12.6 Å². The molecule has 0 heterocycles. The van der Waals surface area contributed by atoms with Crippen LogP contribution in [0.15, 0.2) is 66.7 Å². The Morgan fingerprint density at radius 1 is 0.767 bits per heavy atom. The summed E-state index contributed by atoms with van der Waals surface area (Å²) in [6, 6.07) is 20.2. The molecule has 0 unspecified atom stereocenters. The van der Waals surface area contributed by atoms with Crippen molar-refractivity contribution in [2.45, 2.75) is 0 Å². The van der Waals surface area contributed by atoms with Crippen molar-refractivity contribution in [1.29, 1.82) is 0 Å². The number of likely N-dealkylation sites (N-methyl/N-ethyl adjacent to an activating group) is 1. The van der Waals surface area contributed by atoms with Crippen molar-refractivity contribution in [3.8, 4) is 22.3 Å². The van der Waals surface area contributed by atoms with E-state index in [4.69, 9.17) is 0 Å². The average molecular weight is 400 g/mol. The molecule has 0 saturated heterocycles. The molecule has 0 radical (unpaired) electrons. The highest BCUT2D eigenvalue weighted by Gasteiger charge is 2.11. The molecule has 0 saturated carbocycles. The molecule has 3 rings (SSSR count). The molecule has 1 N–H and O–H groups in total. The number of carbonyl (C=O) groups excluding carboxylic acids is 3. The van der Waals surface area contributed by atoms with Crippen LogP contribution in [0, 0.1) is 0 Å². The second kappa shape index (κ2) is 9.76. The Kier molecular flexibility index (Phi) is 6.88. The zero-order valence-electron chi connectivity index (χ0n) is 17.1. The zero-order chi connectivity index (χ0) is 21.5. The summed E-state index contributed by atoms with van der Waals surface area (Å²) >= 11 is 0. The lowest BCUT2D eigenvalue weighted by atomic mass is 9.95. The van der Waals surface area contributed by atoms with Crippen LogP contribution in [0.25, 0.3) is 22.3 Å². The summed E-state index contributed by atoms with van der Waals surface area (Å²) in [6.45, 7) is 1.30. The van der Waals surface area contributed by atoms with E-state index < -0.39 is 0 Å². The van der Waals surface area contributed by atoms with Crippen molar-refractivity contribution in [1.82, 2.24) is 10.2 Å². The lowest BCUT2D eigenvalue weighted by Crippen LogP contribution is -2.31. The van der Waals surface area contributed by atoms with Crippen LogP contribution in [0.5, 0.6) is 0 Å². The van der Waals surface area contributed by atoms with E-state index in [2.05, 4.69) is 5.32 Å². The maximum absolute atomic E-state index is 12.8. The third kappa shape index (κ3) is 5.27. The molecule has 30 heavy (non-hydrogen) atoms. The summed E-state index contributed by atoms with van der Waals surface area (Å²) in [5.41, 5.74) is 5.33. The minimum Gasteiger partial charge on any atom is -0.351 e. The SMILES string of the molecule is CN(C)CCNC(=O)c1cc(-c2ccc(C=O)cc2)cc(-c2ccc(C=O)cc2)c1. The molecule has 0 bridgehead atoms. The second-order valence-electron chi connectivity index (χ2n) is 7.34. The number of nitrogens with zero attached hydrogens (tertiary/aromatic N) is 1. The van der Waals surface area contributed by atoms with Gasteiger partial charge in [-0.2, -0.15) is 0 Å². The number of amides is 1. The minimum absolute atomic E-state index is 0.144. The van der Waals surface area contributed by atoms with E-state index >= 15 is 0 Å². The van der Waals surface area contributed by atoms with E-state index in [-0.39, 0.29) is 5.91 Å². The lowest BCUT2D eigenvalue weighted by molar-refractivity contribution is 0.0950. The van der Waals surface area contributed by atoms with Gasteiger partial charge in [-0.15, -0.1) is 0 Å². The van der Waals surface area contributed by atoms with E-state index in [0.29, 0.717) is 23.2 Å². The number of rotatable bonds is 8. The number of nitrogens with one attached hydrogen (secondary N) is 1. The zero-order valence-corrected chi connectivity index (χ0v) is 17.1. The van der Waals surface area contributed by atoms with Gasteiger partial charge < -0.3 is 10.2 Å². The van der Waals surface area contributed by atoms with Crippen molar-refractivity contribution in [2.75, 3.05) is 27.2 Å². The summed E-state index contributed by atoms with van der Waals surface area (Å²) in [6.07, 6.45) is 1.61. The minimum atomic E-state index is -0.144. The molecule has 5 nitrogen and oxygen atoms in total. The van der Waals surface area contributed by atoms with Crippen molar-refractivity contribution in [2.24, 2.45) is 0 Å². The van der Waals surface area contributed by atoms with Gasteiger partial charge in [0.05, 0.1) is 0 Å². The molecule has 1 amide bonds. The first-order chi connectivity index (χ1) is 14.5. The predicted octanol–water partition coefficient (Wildman–Crippen LogP) is 3.94. The first kappa shape index (κ1) is 21.1. The van der Waals surface area contributed by atoms with E-state index in [1.807, 2.05) is 61.5 Å². The maximum atomic E-state index is 12.8. The molecule has 3 aromatic rings. The van der Waals surface area contributed by atoms with E-state index in [1.54, 1.807) is 24.3 Å². The van der Waals surface area contributed by atoms with Gasteiger partial charge in [-0.1, -0.05) is 48.5 Å². The lowest BCUT2D eigenvalue weighted by Gasteiger charge is -2.13. The van der Waals surface area contributed by atoms with Gasteiger partial charge in [-0.05, 0) is 54.5 Å². The van der Waals surface area contributed by atoms with Gasteiger partial charge in [-0.25, -0.2) is 0 Å². The Balaban J connectivity index is 2.00. The fourth-order valence-electron chi connectivity index (χ4n) is 3.10. The van der Waals surface area contributed by atoms with Crippen molar-refractivity contribution >= 4 is 18.5 Å². The molecule has 0 aliphatic carbocycles. The molecule has 0 fully saturated rings. The van der Waals surface area contributed by atoms with Crippen LogP contribution in [0.4, 0.5) is 0 Å². The van der Waals surface area contributed by atoms with Crippen LogP contribution in [-0.2, 0) is 0 Å². The summed E-state index contributed by atoms with van der Waals surface area (Å²) in [7, 11) is 3.91. The van der Waals surface area contributed by atoms with Crippen LogP contribution in [0.1, 0.15) is 31.1 Å². The highest BCUT2D eigenvalue weighted by molar-refractivity contribution is 5.97. The van der Waals surface area contributed by atoms with Gasteiger partial charge in [0.2, 0.25) is 0 Å². The van der Waals surface area contributed by atoms with E-state index in [1.165, 1.54) is 0 Å².